The molecule has 7 nitrogen and oxygen atoms in total. The van der Waals surface area contributed by atoms with Gasteiger partial charge in [-0.3, -0.25) is 4.79 Å². The van der Waals surface area contributed by atoms with Crippen molar-refractivity contribution < 1.29 is 17.9 Å². The SMILES string of the molecule is CCN(CC)S(=O)(=O)c1ccc(OC)c(C(=O)NCCNC)c1.Cl. The van der Waals surface area contributed by atoms with Gasteiger partial charge in [-0.25, -0.2) is 8.42 Å². The van der Waals surface area contributed by atoms with Gasteiger partial charge in [-0.15, -0.1) is 12.4 Å². The molecule has 1 rings (SSSR count). The fourth-order valence-electron chi connectivity index (χ4n) is 2.13. The van der Waals surface area contributed by atoms with Gasteiger partial charge < -0.3 is 15.4 Å². The minimum atomic E-state index is -3.62. The van der Waals surface area contributed by atoms with E-state index in [0.717, 1.165) is 0 Å². The number of halogens is 1. The number of ether oxygens (including phenoxy) is 1. The first kappa shape index (κ1) is 22.6. The second-order valence-electron chi connectivity index (χ2n) is 4.81. The van der Waals surface area contributed by atoms with Crippen LogP contribution in [0.15, 0.2) is 23.1 Å². The van der Waals surface area contributed by atoms with Crippen LogP contribution in [0.2, 0.25) is 0 Å². The predicted octanol–water partition coefficient (Wildman–Crippen LogP) is 1.10. The van der Waals surface area contributed by atoms with E-state index in [9.17, 15) is 13.2 Å². The van der Waals surface area contributed by atoms with Crippen LogP contribution in [-0.2, 0) is 10.0 Å². The van der Waals surface area contributed by atoms with Gasteiger partial charge in [-0.1, -0.05) is 13.8 Å². The third kappa shape index (κ3) is 5.34. The summed E-state index contributed by atoms with van der Waals surface area (Å²) < 4.78 is 31.7. The summed E-state index contributed by atoms with van der Waals surface area (Å²) in [7, 11) is -0.397. The fourth-order valence-corrected chi connectivity index (χ4v) is 3.62. The molecule has 1 aromatic rings. The Morgan fingerprint density at radius 3 is 2.33 bits per heavy atom. The van der Waals surface area contributed by atoms with E-state index < -0.39 is 10.0 Å². The van der Waals surface area contributed by atoms with Crippen LogP contribution < -0.4 is 15.4 Å². The highest BCUT2D eigenvalue weighted by molar-refractivity contribution is 7.89. The minimum Gasteiger partial charge on any atom is -0.496 e. The molecule has 0 heterocycles. The van der Waals surface area contributed by atoms with Crippen LogP contribution in [0.1, 0.15) is 24.2 Å². The average Bonchev–Trinajstić information content (AvgIpc) is 2.55. The van der Waals surface area contributed by atoms with Crippen molar-refractivity contribution in [3.63, 3.8) is 0 Å². The third-order valence-electron chi connectivity index (χ3n) is 3.42. The van der Waals surface area contributed by atoms with Crippen molar-refractivity contribution in [2.45, 2.75) is 18.7 Å². The molecule has 0 aliphatic heterocycles. The molecule has 0 saturated carbocycles. The summed E-state index contributed by atoms with van der Waals surface area (Å²) in [4.78, 5) is 12.3. The van der Waals surface area contributed by atoms with E-state index in [2.05, 4.69) is 10.6 Å². The smallest absolute Gasteiger partial charge is 0.255 e. The maximum Gasteiger partial charge on any atom is 0.255 e. The Morgan fingerprint density at radius 1 is 1.21 bits per heavy atom. The zero-order valence-electron chi connectivity index (χ0n) is 14.5. The summed E-state index contributed by atoms with van der Waals surface area (Å²) in [5.41, 5.74) is 0.205. The fraction of sp³-hybridized carbons (Fsp3) is 0.533. The quantitative estimate of drug-likeness (QED) is 0.627. The zero-order chi connectivity index (χ0) is 17.5. The highest BCUT2D eigenvalue weighted by Gasteiger charge is 2.24. The molecule has 1 amide bonds. The van der Waals surface area contributed by atoms with Crippen LogP contribution in [0.5, 0.6) is 5.75 Å². The zero-order valence-corrected chi connectivity index (χ0v) is 16.1. The Labute approximate surface area is 150 Å². The van der Waals surface area contributed by atoms with Crippen LogP contribution in [0.3, 0.4) is 0 Å². The number of amides is 1. The summed E-state index contributed by atoms with van der Waals surface area (Å²) in [5.74, 6) is -0.0286. The summed E-state index contributed by atoms with van der Waals surface area (Å²) in [6, 6.07) is 4.32. The van der Waals surface area contributed by atoms with Gasteiger partial charge >= 0.3 is 0 Å². The van der Waals surface area contributed by atoms with E-state index in [1.807, 2.05) is 0 Å². The summed E-state index contributed by atoms with van der Waals surface area (Å²) in [6.07, 6.45) is 0. The molecule has 0 radical (unpaired) electrons. The Morgan fingerprint density at radius 2 is 1.83 bits per heavy atom. The molecule has 0 atom stereocenters. The van der Waals surface area contributed by atoms with E-state index in [4.69, 9.17) is 4.74 Å². The number of benzene rings is 1. The number of hydrogen-bond acceptors (Lipinski definition) is 5. The standard InChI is InChI=1S/C15H25N3O4S.ClH/c1-5-18(6-2)23(20,21)12-7-8-14(22-4)13(11-12)15(19)17-10-9-16-3;/h7-8,11,16H,5-6,9-10H2,1-4H3,(H,17,19);1H. The van der Waals surface area contributed by atoms with Gasteiger partial charge in [0.25, 0.3) is 5.91 Å². The van der Waals surface area contributed by atoms with Crippen LogP contribution >= 0.6 is 12.4 Å². The largest absolute Gasteiger partial charge is 0.496 e. The molecule has 0 fully saturated rings. The number of likely N-dealkylation sites (N-methyl/N-ethyl adjacent to an activating group) is 1. The van der Waals surface area contributed by atoms with Crippen LogP contribution in [0, 0.1) is 0 Å². The number of carbonyl (C=O) groups excluding carboxylic acids is 1. The highest BCUT2D eigenvalue weighted by Crippen LogP contribution is 2.24. The van der Waals surface area contributed by atoms with Gasteiger partial charge in [0.2, 0.25) is 10.0 Å². The third-order valence-corrected chi connectivity index (χ3v) is 5.47. The molecule has 9 heteroatoms. The van der Waals surface area contributed by atoms with Crippen LogP contribution in [0.25, 0.3) is 0 Å². The Bertz CT molecular complexity index is 634. The molecule has 0 unspecified atom stereocenters. The molecule has 2 N–H and O–H groups in total. The second kappa shape index (κ2) is 10.5. The van der Waals surface area contributed by atoms with E-state index in [1.165, 1.54) is 29.6 Å². The molecular formula is C15H26ClN3O4S. The van der Waals surface area contributed by atoms with Gasteiger partial charge in [-0.05, 0) is 25.2 Å². The average molecular weight is 380 g/mol. The van der Waals surface area contributed by atoms with Crippen molar-refractivity contribution in [3.8, 4) is 5.75 Å². The predicted molar refractivity (Wildman–Crippen MR) is 96.6 cm³/mol. The molecular weight excluding hydrogens is 354 g/mol. The number of hydrogen-bond donors (Lipinski definition) is 2. The molecule has 138 valence electrons. The first-order valence-electron chi connectivity index (χ1n) is 7.53. The monoisotopic (exact) mass is 379 g/mol. The molecule has 0 aliphatic carbocycles. The lowest BCUT2D eigenvalue weighted by atomic mass is 10.2. The topological polar surface area (TPSA) is 87.7 Å². The minimum absolute atomic E-state index is 0. The van der Waals surface area contributed by atoms with Gasteiger partial charge in [0.1, 0.15) is 5.75 Å². The first-order valence-corrected chi connectivity index (χ1v) is 8.97. The van der Waals surface area contributed by atoms with E-state index >= 15 is 0 Å². The number of nitrogens with one attached hydrogen (secondary N) is 2. The van der Waals surface area contributed by atoms with Gasteiger partial charge in [0.15, 0.2) is 0 Å². The molecule has 1 aromatic carbocycles. The highest BCUT2D eigenvalue weighted by atomic mass is 35.5. The molecule has 24 heavy (non-hydrogen) atoms. The molecule has 0 spiro atoms. The maximum absolute atomic E-state index is 12.6. The van der Waals surface area contributed by atoms with Crippen molar-refractivity contribution in [2.75, 3.05) is 40.3 Å². The summed E-state index contributed by atoms with van der Waals surface area (Å²) in [6.45, 7) is 5.34. The van der Waals surface area contributed by atoms with Crippen LogP contribution in [0.4, 0.5) is 0 Å². The van der Waals surface area contributed by atoms with Crippen molar-refractivity contribution in [1.29, 1.82) is 0 Å². The summed E-state index contributed by atoms with van der Waals surface area (Å²) in [5, 5.41) is 5.64. The Kier molecular flexibility index (Phi) is 9.91. The maximum atomic E-state index is 12.6. The van der Waals surface area contributed by atoms with Gasteiger partial charge in [-0.2, -0.15) is 4.31 Å². The Balaban J connectivity index is 0.00000529. The lowest BCUT2D eigenvalue weighted by Crippen LogP contribution is -2.32. The molecule has 0 aliphatic rings. The van der Waals surface area contributed by atoms with Gasteiger partial charge in [0, 0.05) is 26.2 Å². The first-order chi connectivity index (χ1) is 10.9. The lowest BCUT2D eigenvalue weighted by Gasteiger charge is -2.19. The number of carbonyl (C=O) groups is 1. The normalized spacial score (nSPS) is 11.0. The van der Waals surface area contributed by atoms with Crippen LogP contribution in [-0.4, -0.2) is 59.0 Å². The lowest BCUT2D eigenvalue weighted by molar-refractivity contribution is 0.0951. The summed E-state index contributed by atoms with van der Waals surface area (Å²) >= 11 is 0. The number of rotatable bonds is 9. The molecule has 0 aromatic heterocycles. The van der Waals surface area contributed by atoms with E-state index in [-0.39, 0.29) is 28.8 Å². The van der Waals surface area contributed by atoms with Crippen molar-refractivity contribution >= 4 is 28.3 Å². The molecule has 0 bridgehead atoms. The number of nitrogens with zero attached hydrogens (tertiary/aromatic N) is 1. The Hall–Kier alpha value is -1.35. The molecule has 0 saturated heterocycles. The van der Waals surface area contributed by atoms with E-state index in [0.29, 0.717) is 31.9 Å². The number of methoxy groups -OCH3 is 1. The van der Waals surface area contributed by atoms with Crippen molar-refractivity contribution in [2.24, 2.45) is 0 Å². The second-order valence-corrected chi connectivity index (χ2v) is 6.75. The van der Waals surface area contributed by atoms with E-state index in [1.54, 1.807) is 20.9 Å². The van der Waals surface area contributed by atoms with Crippen molar-refractivity contribution in [1.82, 2.24) is 14.9 Å². The van der Waals surface area contributed by atoms with Crippen molar-refractivity contribution in [3.05, 3.63) is 23.8 Å². The van der Waals surface area contributed by atoms with Gasteiger partial charge in [0.05, 0.1) is 17.6 Å². The number of sulfonamides is 1.